The van der Waals surface area contributed by atoms with Gasteiger partial charge in [-0.1, -0.05) is 18.2 Å². The van der Waals surface area contributed by atoms with E-state index in [9.17, 15) is 14.4 Å². The number of carbonyl (C=O) groups is 3. The van der Waals surface area contributed by atoms with Crippen LogP contribution in [-0.2, 0) is 9.59 Å². The van der Waals surface area contributed by atoms with Gasteiger partial charge in [-0.15, -0.1) is 0 Å². The maximum absolute atomic E-state index is 12.6. The molecule has 0 aliphatic carbocycles. The first-order valence-corrected chi connectivity index (χ1v) is 10.0. The smallest absolute Gasteiger partial charge is 0.294 e. The summed E-state index contributed by atoms with van der Waals surface area (Å²) < 4.78 is 5.45. The predicted molar refractivity (Wildman–Crippen MR) is 115 cm³/mol. The molecule has 150 valence electrons. The van der Waals surface area contributed by atoms with Crippen molar-refractivity contribution >= 4 is 40.6 Å². The molecule has 7 heteroatoms. The van der Waals surface area contributed by atoms with E-state index in [0.717, 1.165) is 33.4 Å². The van der Waals surface area contributed by atoms with Crippen LogP contribution in [0.4, 0.5) is 10.5 Å². The fourth-order valence-electron chi connectivity index (χ4n) is 2.81. The maximum Gasteiger partial charge on any atom is 0.294 e. The number of amides is 3. The Labute approximate surface area is 173 Å². The Morgan fingerprint density at radius 3 is 2.66 bits per heavy atom. The van der Waals surface area contributed by atoms with Crippen LogP contribution in [0, 0.1) is 13.8 Å². The van der Waals surface area contributed by atoms with Gasteiger partial charge in [0.2, 0.25) is 5.91 Å². The standard InChI is InChI=1S/C22H22N2O4S/c1-4-28-18-7-5-6-16(11-18)12-19-21(26)24(22(27)29-19)13-20(25)23-17-9-8-14(2)15(3)10-17/h5-12H,4,13H2,1-3H3,(H,23,25)/b19-12-. The Balaban J connectivity index is 1.69. The van der Waals surface area contributed by atoms with Crippen molar-refractivity contribution < 1.29 is 19.1 Å². The van der Waals surface area contributed by atoms with Crippen molar-refractivity contribution in [2.24, 2.45) is 0 Å². The largest absolute Gasteiger partial charge is 0.494 e. The molecule has 3 amide bonds. The number of aryl methyl sites for hydroxylation is 2. The highest BCUT2D eigenvalue weighted by Gasteiger charge is 2.36. The fourth-order valence-corrected chi connectivity index (χ4v) is 3.65. The third kappa shape index (κ3) is 5.06. The second-order valence-corrected chi connectivity index (χ2v) is 7.61. The number of benzene rings is 2. The molecular weight excluding hydrogens is 388 g/mol. The molecule has 1 fully saturated rings. The second-order valence-electron chi connectivity index (χ2n) is 6.62. The van der Waals surface area contributed by atoms with Crippen LogP contribution in [0.2, 0.25) is 0 Å². The van der Waals surface area contributed by atoms with Crippen molar-refractivity contribution in [1.82, 2.24) is 4.90 Å². The van der Waals surface area contributed by atoms with Gasteiger partial charge in [-0.25, -0.2) is 0 Å². The first-order valence-electron chi connectivity index (χ1n) is 9.22. The number of ether oxygens (including phenoxy) is 1. The summed E-state index contributed by atoms with van der Waals surface area (Å²) in [5, 5.41) is 2.27. The molecular formula is C22H22N2O4S. The van der Waals surface area contributed by atoms with Gasteiger partial charge < -0.3 is 10.1 Å². The molecule has 0 atom stereocenters. The zero-order valence-electron chi connectivity index (χ0n) is 16.5. The van der Waals surface area contributed by atoms with E-state index in [2.05, 4.69) is 5.32 Å². The van der Waals surface area contributed by atoms with Gasteiger partial charge in [0.25, 0.3) is 11.1 Å². The van der Waals surface area contributed by atoms with Gasteiger partial charge in [-0.05, 0) is 79.6 Å². The summed E-state index contributed by atoms with van der Waals surface area (Å²) in [4.78, 5) is 38.5. The van der Waals surface area contributed by atoms with Crippen molar-refractivity contribution in [3.63, 3.8) is 0 Å². The van der Waals surface area contributed by atoms with Gasteiger partial charge in [0.15, 0.2) is 0 Å². The van der Waals surface area contributed by atoms with E-state index in [1.54, 1.807) is 18.2 Å². The topological polar surface area (TPSA) is 75.7 Å². The molecule has 2 aromatic carbocycles. The molecule has 0 radical (unpaired) electrons. The number of hydrogen-bond donors (Lipinski definition) is 1. The minimum atomic E-state index is -0.475. The minimum absolute atomic E-state index is 0.280. The summed E-state index contributed by atoms with van der Waals surface area (Å²) in [7, 11) is 0. The second kappa shape index (κ2) is 8.96. The van der Waals surface area contributed by atoms with E-state index in [1.165, 1.54) is 0 Å². The number of imide groups is 1. The van der Waals surface area contributed by atoms with E-state index in [4.69, 9.17) is 4.74 Å². The van der Waals surface area contributed by atoms with Crippen LogP contribution >= 0.6 is 11.8 Å². The fraction of sp³-hybridized carbons (Fsp3) is 0.227. The lowest BCUT2D eigenvalue weighted by molar-refractivity contribution is -0.127. The first-order chi connectivity index (χ1) is 13.9. The van der Waals surface area contributed by atoms with Crippen LogP contribution in [0.25, 0.3) is 6.08 Å². The summed E-state index contributed by atoms with van der Waals surface area (Å²) in [6.07, 6.45) is 1.63. The zero-order valence-corrected chi connectivity index (χ0v) is 17.3. The lowest BCUT2D eigenvalue weighted by Crippen LogP contribution is -2.36. The van der Waals surface area contributed by atoms with Gasteiger partial charge in [0.1, 0.15) is 12.3 Å². The van der Waals surface area contributed by atoms with Crippen molar-refractivity contribution in [2.75, 3.05) is 18.5 Å². The number of nitrogens with zero attached hydrogens (tertiary/aromatic N) is 1. The molecule has 1 heterocycles. The number of hydrogen-bond acceptors (Lipinski definition) is 5. The van der Waals surface area contributed by atoms with E-state index in [-0.39, 0.29) is 11.4 Å². The number of nitrogens with one attached hydrogen (secondary N) is 1. The van der Waals surface area contributed by atoms with Gasteiger partial charge in [-0.2, -0.15) is 0 Å². The van der Waals surface area contributed by atoms with Gasteiger partial charge in [0.05, 0.1) is 11.5 Å². The summed E-state index contributed by atoms with van der Waals surface area (Å²) in [6.45, 7) is 6.04. The summed E-state index contributed by atoms with van der Waals surface area (Å²) in [5.41, 5.74) is 3.55. The van der Waals surface area contributed by atoms with Crippen molar-refractivity contribution in [3.05, 3.63) is 64.1 Å². The average molecular weight is 410 g/mol. The van der Waals surface area contributed by atoms with Crippen LogP contribution in [0.1, 0.15) is 23.6 Å². The Bertz CT molecular complexity index is 1000. The minimum Gasteiger partial charge on any atom is -0.494 e. The number of rotatable bonds is 6. The van der Waals surface area contributed by atoms with Crippen LogP contribution in [0.3, 0.4) is 0 Å². The molecule has 3 rings (SSSR count). The van der Waals surface area contributed by atoms with Crippen molar-refractivity contribution in [1.29, 1.82) is 0 Å². The van der Waals surface area contributed by atoms with E-state index in [1.807, 2.05) is 51.1 Å². The van der Waals surface area contributed by atoms with Gasteiger partial charge in [0, 0.05) is 5.69 Å². The van der Waals surface area contributed by atoms with Gasteiger partial charge >= 0.3 is 0 Å². The van der Waals surface area contributed by atoms with Crippen molar-refractivity contribution in [3.8, 4) is 5.75 Å². The summed E-state index contributed by atoms with van der Waals surface area (Å²) in [5.74, 6) is -0.208. The molecule has 2 aromatic rings. The Hall–Kier alpha value is -3.06. The highest BCUT2D eigenvalue weighted by Crippen LogP contribution is 2.32. The molecule has 1 aliphatic heterocycles. The van der Waals surface area contributed by atoms with E-state index < -0.39 is 17.1 Å². The molecule has 0 aromatic heterocycles. The molecule has 6 nitrogen and oxygen atoms in total. The van der Waals surface area contributed by atoms with E-state index in [0.29, 0.717) is 18.0 Å². The lowest BCUT2D eigenvalue weighted by atomic mass is 10.1. The molecule has 0 unspecified atom stereocenters. The number of anilines is 1. The van der Waals surface area contributed by atoms with Crippen LogP contribution in [-0.4, -0.2) is 35.1 Å². The van der Waals surface area contributed by atoms with Crippen LogP contribution in [0.15, 0.2) is 47.4 Å². The quantitative estimate of drug-likeness (QED) is 0.716. The molecule has 1 N–H and O–H groups in total. The summed E-state index contributed by atoms with van der Waals surface area (Å²) in [6, 6.07) is 12.8. The maximum atomic E-state index is 12.6. The van der Waals surface area contributed by atoms with Gasteiger partial charge in [-0.3, -0.25) is 19.3 Å². The van der Waals surface area contributed by atoms with Crippen molar-refractivity contribution in [2.45, 2.75) is 20.8 Å². The molecule has 0 spiro atoms. The average Bonchev–Trinajstić information content (AvgIpc) is 2.93. The molecule has 1 aliphatic rings. The Morgan fingerprint density at radius 1 is 1.14 bits per heavy atom. The SMILES string of the molecule is CCOc1cccc(/C=C2\SC(=O)N(CC(=O)Nc3ccc(C)c(C)c3)C2=O)c1. The van der Waals surface area contributed by atoms with Crippen LogP contribution in [0.5, 0.6) is 5.75 Å². The Kier molecular flexibility index (Phi) is 6.39. The highest BCUT2D eigenvalue weighted by atomic mass is 32.2. The third-order valence-corrected chi connectivity index (χ3v) is 5.34. The monoisotopic (exact) mass is 410 g/mol. The lowest BCUT2D eigenvalue weighted by Gasteiger charge is -2.13. The molecule has 29 heavy (non-hydrogen) atoms. The highest BCUT2D eigenvalue weighted by molar-refractivity contribution is 8.18. The zero-order chi connectivity index (χ0) is 21.0. The first kappa shape index (κ1) is 20.7. The number of thioether (sulfide) groups is 1. The molecule has 0 bridgehead atoms. The predicted octanol–water partition coefficient (Wildman–Crippen LogP) is 4.38. The van der Waals surface area contributed by atoms with E-state index >= 15 is 0 Å². The molecule has 0 saturated carbocycles. The summed E-state index contributed by atoms with van der Waals surface area (Å²) >= 11 is 0.826. The normalized spacial score (nSPS) is 15.1. The number of carbonyl (C=O) groups excluding carboxylic acids is 3. The molecule has 1 saturated heterocycles. The van der Waals surface area contributed by atoms with Crippen LogP contribution < -0.4 is 10.1 Å². The third-order valence-electron chi connectivity index (χ3n) is 4.43. The Morgan fingerprint density at radius 2 is 1.93 bits per heavy atom.